The van der Waals surface area contributed by atoms with Crippen LogP contribution in [-0.4, -0.2) is 17.9 Å². The van der Waals surface area contributed by atoms with Crippen LogP contribution in [0, 0.1) is 0 Å². The molecule has 0 atom stereocenters. The van der Waals surface area contributed by atoms with Crippen LogP contribution < -0.4 is 5.43 Å². The van der Waals surface area contributed by atoms with Gasteiger partial charge in [-0.3, -0.25) is 4.79 Å². The highest BCUT2D eigenvalue weighted by Crippen LogP contribution is 2.15. The van der Waals surface area contributed by atoms with Crippen molar-refractivity contribution >= 4 is 35.5 Å². The first-order valence-electron chi connectivity index (χ1n) is 7.78. The summed E-state index contributed by atoms with van der Waals surface area (Å²) in [5, 5.41) is 4.72. The third-order valence-electron chi connectivity index (χ3n) is 3.42. The average Bonchev–Trinajstić information content (AvgIpc) is 2.57. The van der Waals surface area contributed by atoms with Crippen LogP contribution in [0.15, 0.2) is 53.6 Å². The Balaban J connectivity index is 1.71. The maximum atomic E-state index is 11.8. The van der Waals surface area contributed by atoms with E-state index in [2.05, 4.69) is 36.5 Å². The second-order valence-electron chi connectivity index (χ2n) is 5.73. The molecule has 0 aliphatic heterocycles. The maximum absolute atomic E-state index is 11.8. The van der Waals surface area contributed by atoms with Crippen molar-refractivity contribution in [2.75, 3.05) is 5.75 Å². The Hall–Kier alpha value is -1.78. The van der Waals surface area contributed by atoms with Crippen LogP contribution >= 0.6 is 23.4 Å². The van der Waals surface area contributed by atoms with Gasteiger partial charge in [-0.05, 0) is 34.7 Å². The maximum Gasteiger partial charge on any atom is 0.250 e. The second-order valence-corrected chi connectivity index (χ2v) is 7.16. The molecule has 0 fully saturated rings. The van der Waals surface area contributed by atoms with E-state index in [1.165, 1.54) is 5.56 Å². The molecule has 1 amide bonds. The Bertz CT molecular complexity index is 682. The van der Waals surface area contributed by atoms with Crippen molar-refractivity contribution in [1.29, 1.82) is 0 Å². The number of thioether (sulfide) groups is 1. The van der Waals surface area contributed by atoms with Crippen molar-refractivity contribution in [1.82, 2.24) is 5.43 Å². The van der Waals surface area contributed by atoms with Gasteiger partial charge in [0.1, 0.15) is 0 Å². The number of hydrogen-bond donors (Lipinski definition) is 1. The highest BCUT2D eigenvalue weighted by Gasteiger charge is 2.01. The summed E-state index contributed by atoms with van der Waals surface area (Å²) in [5.74, 6) is 1.54. The van der Waals surface area contributed by atoms with E-state index in [-0.39, 0.29) is 5.91 Å². The van der Waals surface area contributed by atoms with E-state index >= 15 is 0 Å². The predicted octanol–water partition coefficient (Wildman–Crippen LogP) is 4.85. The van der Waals surface area contributed by atoms with Crippen molar-refractivity contribution in [3.8, 4) is 0 Å². The molecule has 0 aliphatic carbocycles. The molecule has 0 radical (unpaired) electrons. The molecule has 2 aromatic rings. The minimum Gasteiger partial charge on any atom is -0.272 e. The Morgan fingerprint density at radius 3 is 2.46 bits per heavy atom. The quantitative estimate of drug-likeness (QED) is 0.566. The van der Waals surface area contributed by atoms with Crippen LogP contribution in [0.4, 0.5) is 0 Å². The lowest BCUT2D eigenvalue weighted by atomic mass is 10.0. The summed E-state index contributed by atoms with van der Waals surface area (Å²) >= 11 is 7.38. The molecular formula is C19H21ClN2OS. The molecule has 126 valence electrons. The van der Waals surface area contributed by atoms with Crippen LogP contribution in [0.5, 0.6) is 0 Å². The first-order chi connectivity index (χ1) is 11.5. The van der Waals surface area contributed by atoms with E-state index in [1.807, 2.05) is 36.4 Å². The van der Waals surface area contributed by atoms with Gasteiger partial charge in [0.15, 0.2) is 0 Å². The number of nitrogens with one attached hydrogen (secondary N) is 1. The molecule has 5 heteroatoms. The van der Waals surface area contributed by atoms with Crippen LogP contribution in [0.25, 0.3) is 0 Å². The highest BCUT2D eigenvalue weighted by atomic mass is 35.5. The largest absolute Gasteiger partial charge is 0.272 e. The van der Waals surface area contributed by atoms with Crippen molar-refractivity contribution in [2.45, 2.75) is 25.5 Å². The lowest BCUT2D eigenvalue weighted by molar-refractivity contribution is -0.118. The van der Waals surface area contributed by atoms with E-state index < -0.39 is 0 Å². The number of carbonyl (C=O) groups excluding carboxylic acids is 1. The van der Waals surface area contributed by atoms with Gasteiger partial charge in [0.2, 0.25) is 5.91 Å². The zero-order valence-electron chi connectivity index (χ0n) is 13.8. The minimum atomic E-state index is -0.107. The van der Waals surface area contributed by atoms with Crippen molar-refractivity contribution in [2.24, 2.45) is 5.10 Å². The average molecular weight is 361 g/mol. The summed E-state index contributed by atoms with van der Waals surface area (Å²) < 4.78 is 0. The normalized spacial score (nSPS) is 11.2. The smallest absolute Gasteiger partial charge is 0.250 e. The molecule has 0 aromatic heterocycles. The van der Waals surface area contributed by atoms with E-state index in [0.717, 1.165) is 21.9 Å². The van der Waals surface area contributed by atoms with Crippen LogP contribution in [0.3, 0.4) is 0 Å². The number of hydrazone groups is 1. The van der Waals surface area contributed by atoms with E-state index in [1.54, 1.807) is 18.0 Å². The zero-order valence-corrected chi connectivity index (χ0v) is 15.4. The van der Waals surface area contributed by atoms with Gasteiger partial charge in [0.25, 0.3) is 0 Å². The Kier molecular flexibility index (Phi) is 7.35. The molecule has 0 bridgehead atoms. The summed E-state index contributed by atoms with van der Waals surface area (Å²) in [6.07, 6.45) is 1.66. The van der Waals surface area contributed by atoms with Gasteiger partial charge in [-0.1, -0.05) is 61.8 Å². The number of benzene rings is 2. The molecule has 2 aromatic carbocycles. The Labute approximate surface area is 152 Å². The fourth-order valence-corrected chi connectivity index (χ4v) is 2.93. The standard InChI is InChI=1S/C19H21ClN2OS/c1-14(2)17-7-3-15(4-8-17)11-21-22-19(23)13-24-12-16-5-9-18(20)10-6-16/h3-11,14H,12-13H2,1-2H3,(H,22,23)/b21-11+. The fourth-order valence-electron chi connectivity index (χ4n) is 2.02. The monoisotopic (exact) mass is 360 g/mol. The summed E-state index contributed by atoms with van der Waals surface area (Å²) in [7, 11) is 0. The molecule has 0 heterocycles. The van der Waals surface area contributed by atoms with Gasteiger partial charge >= 0.3 is 0 Å². The van der Waals surface area contributed by atoms with Gasteiger partial charge in [-0.15, -0.1) is 11.8 Å². The lowest BCUT2D eigenvalue weighted by Gasteiger charge is -2.04. The summed E-state index contributed by atoms with van der Waals surface area (Å²) in [6, 6.07) is 15.8. The summed E-state index contributed by atoms with van der Waals surface area (Å²) in [5.41, 5.74) is 5.95. The number of rotatable bonds is 7. The van der Waals surface area contributed by atoms with Crippen molar-refractivity contribution < 1.29 is 4.79 Å². The molecule has 0 unspecified atom stereocenters. The van der Waals surface area contributed by atoms with Gasteiger partial charge in [0.05, 0.1) is 12.0 Å². The molecule has 0 saturated carbocycles. The highest BCUT2D eigenvalue weighted by molar-refractivity contribution is 7.99. The molecule has 2 rings (SSSR count). The minimum absolute atomic E-state index is 0.107. The topological polar surface area (TPSA) is 41.5 Å². The van der Waals surface area contributed by atoms with E-state index in [4.69, 9.17) is 11.6 Å². The number of halogens is 1. The number of carbonyl (C=O) groups is 1. The van der Waals surface area contributed by atoms with Crippen molar-refractivity contribution in [3.63, 3.8) is 0 Å². The van der Waals surface area contributed by atoms with Crippen LogP contribution in [0.2, 0.25) is 5.02 Å². The molecule has 0 saturated heterocycles. The lowest BCUT2D eigenvalue weighted by Crippen LogP contribution is -2.19. The van der Waals surface area contributed by atoms with Crippen LogP contribution in [0.1, 0.15) is 36.5 Å². The number of nitrogens with zero attached hydrogens (tertiary/aromatic N) is 1. The number of amides is 1. The van der Waals surface area contributed by atoms with Gasteiger partial charge in [-0.25, -0.2) is 5.43 Å². The van der Waals surface area contributed by atoms with E-state index in [0.29, 0.717) is 11.7 Å². The molecule has 24 heavy (non-hydrogen) atoms. The molecule has 1 N–H and O–H groups in total. The molecular weight excluding hydrogens is 340 g/mol. The first-order valence-corrected chi connectivity index (χ1v) is 9.32. The first kappa shape index (κ1) is 18.6. The molecule has 0 aliphatic rings. The third-order valence-corrected chi connectivity index (χ3v) is 4.68. The summed E-state index contributed by atoms with van der Waals surface area (Å²) in [6.45, 7) is 4.32. The molecule has 3 nitrogen and oxygen atoms in total. The Morgan fingerprint density at radius 2 is 1.83 bits per heavy atom. The van der Waals surface area contributed by atoms with Crippen LogP contribution in [-0.2, 0) is 10.5 Å². The second kappa shape index (κ2) is 9.50. The third kappa shape index (κ3) is 6.38. The molecule has 0 spiro atoms. The SMILES string of the molecule is CC(C)c1ccc(/C=N/NC(=O)CSCc2ccc(Cl)cc2)cc1. The van der Waals surface area contributed by atoms with Crippen molar-refractivity contribution in [3.05, 3.63) is 70.2 Å². The predicted molar refractivity (Wildman–Crippen MR) is 104 cm³/mol. The van der Waals surface area contributed by atoms with Gasteiger partial charge < -0.3 is 0 Å². The van der Waals surface area contributed by atoms with Gasteiger partial charge in [0, 0.05) is 10.8 Å². The van der Waals surface area contributed by atoms with Gasteiger partial charge in [-0.2, -0.15) is 5.10 Å². The fraction of sp³-hybridized carbons (Fsp3) is 0.263. The zero-order chi connectivity index (χ0) is 17.4. The number of hydrogen-bond acceptors (Lipinski definition) is 3. The van der Waals surface area contributed by atoms with E-state index in [9.17, 15) is 4.79 Å². The summed E-state index contributed by atoms with van der Waals surface area (Å²) in [4.78, 5) is 11.8. The Morgan fingerprint density at radius 1 is 1.17 bits per heavy atom.